The lowest BCUT2D eigenvalue weighted by Crippen LogP contribution is -2.55. The summed E-state index contributed by atoms with van der Waals surface area (Å²) in [6.07, 6.45) is -5.68. The number of carbonyl (C=O) groups excluding carboxylic acids is 4. The Bertz CT molecular complexity index is 2900. The SMILES string of the molecule is CCOC(=O)c1cc(C#N)c(N2CC(C(=O)NS(=O)(=O)Cc3ccc(F)cc3)C2)nc1OCC(F)F.CCOC(=O)c1cc(C#N)c(N2CC(C(=O)NS(=O)(=O)Cc3ccccc3)C2)nc1OCC(F)F. The lowest BCUT2D eigenvalue weighted by atomic mass is 9.98. The van der Waals surface area contributed by atoms with Crippen LogP contribution in [0.1, 0.15) is 56.8 Å². The van der Waals surface area contributed by atoms with Gasteiger partial charge >= 0.3 is 11.9 Å². The molecule has 0 atom stereocenters. The fourth-order valence-electron chi connectivity index (χ4n) is 6.61. The molecular weight excluding hydrogens is 992 g/mol. The van der Waals surface area contributed by atoms with Gasteiger partial charge in [0.05, 0.1) is 47.7 Å². The Labute approximate surface area is 403 Å². The Morgan fingerprint density at radius 1 is 0.662 bits per heavy atom. The Hall–Kier alpha value is -7.65. The van der Waals surface area contributed by atoms with Crippen molar-refractivity contribution in [3.05, 3.63) is 106 Å². The van der Waals surface area contributed by atoms with Crippen molar-refractivity contribution in [3.63, 3.8) is 0 Å². The van der Waals surface area contributed by atoms with Gasteiger partial charge in [-0.3, -0.25) is 19.0 Å². The molecule has 4 aromatic rings. The van der Waals surface area contributed by atoms with E-state index in [0.717, 1.165) is 24.3 Å². The predicted molar refractivity (Wildman–Crippen MR) is 239 cm³/mol. The minimum Gasteiger partial charge on any atom is -0.471 e. The highest BCUT2D eigenvalue weighted by atomic mass is 32.2. The largest absolute Gasteiger partial charge is 0.471 e. The minimum absolute atomic E-state index is 0.00680. The Morgan fingerprint density at radius 2 is 1.04 bits per heavy atom. The standard InChI is InChI=1S/C22H21F3N4O6S.C22H22F2N4O6S/c1-2-34-22(31)17-7-14(8-26)19(27-21(17)35-11-18(24)25)29-9-15(10-29)20(30)28-36(32,33)12-13-3-5-16(23)6-4-13;1-2-33-22(30)17-8-15(9-25)19(26-21(17)34-12-18(23)24)28-10-16(11-28)20(29)27-35(31,32)13-14-6-4-3-5-7-14/h3-7,15,18H,2,9-12H2,1H3,(H,28,30);3-8,16,18H,2,10-13H2,1H3,(H,27,29). The number of benzene rings is 2. The summed E-state index contributed by atoms with van der Waals surface area (Å²) in [6, 6.07) is 19.1. The van der Waals surface area contributed by atoms with Crippen LogP contribution in [-0.2, 0) is 50.6 Å². The maximum Gasteiger partial charge on any atom is 0.343 e. The summed E-state index contributed by atoms with van der Waals surface area (Å²) in [5.74, 6) is -7.13. The average molecular weight is 1030 g/mol. The number of carbonyl (C=O) groups is 4. The third-order valence-corrected chi connectivity index (χ3v) is 12.4. The summed E-state index contributed by atoms with van der Waals surface area (Å²) in [4.78, 5) is 60.3. The molecule has 2 N–H and O–H groups in total. The molecule has 2 aromatic heterocycles. The van der Waals surface area contributed by atoms with Crippen molar-refractivity contribution in [2.45, 2.75) is 38.2 Å². The summed E-state index contributed by atoms with van der Waals surface area (Å²) in [6.45, 7) is 0.959. The molecule has 2 amide bonds. The van der Waals surface area contributed by atoms with Crippen LogP contribution in [0.4, 0.5) is 33.6 Å². The number of nitrogens with zero attached hydrogens (tertiary/aromatic N) is 6. The van der Waals surface area contributed by atoms with E-state index in [2.05, 4.69) is 9.97 Å². The third-order valence-electron chi connectivity index (χ3n) is 9.94. The van der Waals surface area contributed by atoms with Gasteiger partial charge in [0.2, 0.25) is 43.6 Å². The second-order valence-corrected chi connectivity index (χ2v) is 18.7. The van der Waals surface area contributed by atoms with Crippen molar-refractivity contribution in [2.75, 3.05) is 62.4 Å². The fraction of sp³-hybridized carbons (Fsp3) is 0.364. The number of anilines is 2. The van der Waals surface area contributed by atoms with Crippen molar-refractivity contribution >= 4 is 55.4 Å². The Kier molecular flexibility index (Phi) is 18.6. The monoisotopic (exact) mass is 1030 g/mol. The van der Waals surface area contributed by atoms with Crippen LogP contribution in [0.15, 0.2) is 66.7 Å². The Morgan fingerprint density at radius 3 is 1.39 bits per heavy atom. The molecule has 2 aliphatic heterocycles. The number of nitriles is 2. The Balaban J connectivity index is 0.000000264. The molecule has 0 bridgehead atoms. The van der Waals surface area contributed by atoms with Crippen molar-refractivity contribution in [1.82, 2.24) is 19.4 Å². The number of hydrogen-bond donors (Lipinski definition) is 2. The van der Waals surface area contributed by atoms with Crippen molar-refractivity contribution in [3.8, 4) is 23.9 Å². The zero-order chi connectivity index (χ0) is 52.0. The molecule has 2 aromatic carbocycles. The molecule has 2 aliphatic rings. The van der Waals surface area contributed by atoms with Crippen LogP contribution in [-0.4, -0.2) is 116 Å². The van der Waals surface area contributed by atoms with E-state index in [0.29, 0.717) is 5.56 Å². The fourth-order valence-corrected chi connectivity index (χ4v) is 8.96. The van der Waals surface area contributed by atoms with Crippen LogP contribution in [0.3, 0.4) is 0 Å². The van der Waals surface area contributed by atoms with E-state index in [1.54, 1.807) is 37.3 Å². The molecular formula is C44H43F5N8O12S2. The molecule has 2 saturated heterocycles. The van der Waals surface area contributed by atoms with Gasteiger partial charge in [0.25, 0.3) is 12.9 Å². The van der Waals surface area contributed by atoms with Crippen LogP contribution in [0.25, 0.3) is 0 Å². The van der Waals surface area contributed by atoms with Gasteiger partial charge in [-0.2, -0.15) is 20.5 Å². The molecule has 27 heteroatoms. The zero-order valence-electron chi connectivity index (χ0n) is 37.5. The number of rotatable bonds is 20. The molecule has 0 unspecified atom stereocenters. The van der Waals surface area contributed by atoms with E-state index in [1.807, 2.05) is 21.6 Å². The quantitative estimate of drug-likeness (QED) is 0.0939. The highest BCUT2D eigenvalue weighted by Gasteiger charge is 2.39. The number of amides is 2. The second-order valence-electron chi connectivity index (χ2n) is 15.3. The first-order valence-corrected chi connectivity index (χ1v) is 24.4. The molecule has 0 spiro atoms. The van der Waals surface area contributed by atoms with E-state index >= 15 is 0 Å². The first-order valence-electron chi connectivity index (χ1n) is 21.1. The number of halogens is 5. The zero-order valence-corrected chi connectivity index (χ0v) is 39.2. The van der Waals surface area contributed by atoms with E-state index in [1.165, 1.54) is 28.9 Å². The normalized spacial score (nSPS) is 13.6. The second kappa shape index (κ2) is 24.3. The average Bonchev–Trinajstić information content (AvgIpc) is 3.27. The molecule has 0 radical (unpaired) electrons. The third kappa shape index (κ3) is 15.2. The first kappa shape index (κ1) is 54.3. The molecule has 6 rings (SSSR count). The summed E-state index contributed by atoms with van der Waals surface area (Å²) in [7, 11) is -7.98. The number of aromatic nitrogens is 2. The van der Waals surface area contributed by atoms with Crippen molar-refractivity contribution in [1.29, 1.82) is 10.5 Å². The van der Waals surface area contributed by atoms with Crippen LogP contribution < -0.4 is 28.7 Å². The maximum atomic E-state index is 13.0. The lowest BCUT2D eigenvalue weighted by Gasteiger charge is -2.39. The summed E-state index contributed by atoms with van der Waals surface area (Å²) < 4.78 is 137. The minimum atomic E-state index is -4.06. The van der Waals surface area contributed by atoms with Crippen LogP contribution in [0.2, 0.25) is 0 Å². The number of pyridine rings is 2. The molecule has 20 nitrogen and oxygen atoms in total. The summed E-state index contributed by atoms with van der Waals surface area (Å²) in [5, 5.41) is 19.0. The topological polar surface area (TPSA) is 277 Å². The number of esters is 2. The van der Waals surface area contributed by atoms with Crippen LogP contribution >= 0.6 is 0 Å². The van der Waals surface area contributed by atoms with E-state index in [9.17, 15) is 68.5 Å². The van der Waals surface area contributed by atoms with Gasteiger partial charge < -0.3 is 28.7 Å². The first-order chi connectivity index (χ1) is 33.7. The van der Waals surface area contributed by atoms with E-state index < -0.39 is 105 Å². The van der Waals surface area contributed by atoms with Gasteiger partial charge in [-0.15, -0.1) is 0 Å². The van der Waals surface area contributed by atoms with Gasteiger partial charge in [0, 0.05) is 26.2 Å². The molecule has 2 fully saturated rings. The van der Waals surface area contributed by atoms with Crippen molar-refractivity contribution < 1.29 is 76.9 Å². The maximum absolute atomic E-state index is 13.0. The summed E-state index contributed by atoms with van der Waals surface area (Å²) in [5.41, 5.74) is 0.0594. The molecule has 0 saturated carbocycles. The molecule has 71 heavy (non-hydrogen) atoms. The predicted octanol–water partition coefficient (Wildman–Crippen LogP) is 3.85. The van der Waals surface area contributed by atoms with Gasteiger partial charge in [0.1, 0.15) is 29.1 Å². The van der Waals surface area contributed by atoms with Gasteiger partial charge in [-0.25, -0.2) is 48.4 Å². The van der Waals surface area contributed by atoms with Gasteiger partial charge in [-0.1, -0.05) is 42.5 Å². The lowest BCUT2D eigenvalue weighted by molar-refractivity contribution is -0.124. The van der Waals surface area contributed by atoms with Crippen LogP contribution in [0.5, 0.6) is 11.8 Å². The summed E-state index contributed by atoms with van der Waals surface area (Å²) >= 11 is 0. The number of alkyl halides is 4. The number of ether oxygens (including phenoxy) is 4. The van der Waals surface area contributed by atoms with Gasteiger partial charge in [0.15, 0.2) is 24.8 Å². The van der Waals surface area contributed by atoms with Crippen LogP contribution in [0, 0.1) is 40.3 Å². The highest BCUT2D eigenvalue weighted by molar-refractivity contribution is 7.89. The van der Waals surface area contributed by atoms with Crippen molar-refractivity contribution in [2.24, 2.45) is 11.8 Å². The molecule has 4 heterocycles. The smallest absolute Gasteiger partial charge is 0.343 e. The number of nitrogens with one attached hydrogen (secondary N) is 2. The number of sulfonamides is 2. The van der Waals surface area contributed by atoms with Gasteiger partial charge in [-0.05, 0) is 49.2 Å². The number of hydrogen-bond acceptors (Lipinski definition) is 18. The van der Waals surface area contributed by atoms with E-state index in [4.69, 9.17) is 18.9 Å². The van der Waals surface area contributed by atoms with E-state index in [-0.39, 0.29) is 84.6 Å². The molecule has 0 aliphatic carbocycles. The highest BCUT2D eigenvalue weighted by Crippen LogP contribution is 2.33. The molecule has 378 valence electrons.